The molecule has 1 amide bonds. The Morgan fingerprint density at radius 1 is 1.16 bits per heavy atom. The van der Waals surface area contributed by atoms with Crippen LogP contribution in [0.1, 0.15) is 49.5 Å². The van der Waals surface area contributed by atoms with Gasteiger partial charge in [-0.05, 0) is 18.9 Å². The lowest BCUT2D eigenvalue weighted by atomic mass is 10.1. The third-order valence-electron chi connectivity index (χ3n) is 3.91. The fraction of sp³-hybridized carbons (Fsp3) is 0.444. The van der Waals surface area contributed by atoms with E-state index in [0.29, 0.717) is 23.7 Å². The van der Waals surface area contributed by atoms with Crippen LogP contribution in [0.3, 0.4) is 0 Å². The molecule has 1 aromatic heterocycles. The van der Waals surface area contributed by atoms with Crippen LogP contribution in [0.4, 0.5) is 0 Å². The molecule has 0 saturated carbocycles. The number of nitrogens with zero attached hydrogens (tertiary/aromatic N) is 2. The van der Waals surface area contributed by atoms with Crippen molar-refractivity contribution in [2.24, 2.45) is 0 Å². The number of aliphatic carboxylic acids is 1. The van der Waals surface area contributed by atoms with Gasteiger partial charge in [-0.2, -0.15) is 5.10 Å². The number of carbonyl (C=O) groups excluding carboxylic acids is 1. The zero-order chi connectivity index (χ0) is 18.2. The second kappa shape index (κ2) is 8.96. The van der Waals surface area contributed by atoms with Gasteiger partial charge in [0.25, 0.3) is 11.5 Å². The fourth-order valence-corrected chi connectivity index (χ4v) is 2.59. The van der Waals surface area contributed by atoms with E-state index in [4.69, 9.17) is 5.11 Å². The Balaban J connectivity index is 2.27. The maximum Gasteiger partial charge on any atom is 0.303 e. The summed E-state index contributed by atoms with van der Waals surface area (Å²) in [5, 5.41) is 16.6. The standard InChI is InChI=1S/C18H23N3O4/c1-2-3-6-12-21-18(25)14-9-5-4-8-13(14)16(20-21)17(24)19-11-7-10-15(22)23/h4-5,8-9H,2-3,6-7,10-12H2,1H3,(H,19,24)(H,22,23). The van der Waals surface area contributed by atoms with Crippen LogP contribution < -0.4 is 10.9 Å². The first-order valence-electron chi connectivity index (χ1n) is 8.54. The number of hydrogen-bond donors (Lipinski definition) is 2. The molecule has 0 atom stereocenters. The zero-order valence-electron chi connectivity index (χ0n) is 14.3. The summed E-state index contributed by atoms with van der Waals surface area (Å²) in [7, 11) is 0. The van der Waals surface area contributed by atoms with E-state index in [1.807, 2.05) is 0 Å². The van der Waals surface area contributed by atoms with Gasteiger partial charge in [-0.15, -0.1) is 0 Å². The average Bonchev–Trinajstić information content (AvgIpc) is 2.60. The Labute approximate surface area is 145 Å². The van der Waals surface area contributed by atoms with Crippen LogP contribution in [0.25, 0.3) is 10.8 Å². The number of aryl methyl sites for hydroxylation is 1. The topological polar surface area (TPSA) is 101 Å². The molecular formula is C18H23N3O4. The van der Waals surface area contributed by atoms with Gasteiger partial charge >= 0.3 is 5.97 Å². The van der Waals surface area contributed by atoms with E-state index in [0.717, 1.165) is 19.3 Å². The Bertz CT molecular complexity index is 814. The number of fused-ring (bicyclic) bond motifs is 1. The predicted molar refractivity (Wildman–Crippen MR) is 94.7 cm³/mol. The van der Waals surface area contributed by atoms with Crippen molar-refractivity contribution in [3.8, 4) is 0 Å². The van der Waals surface area contributed by atoms with E-state index in [9.17, 15) is 14.4 Å². The third-order valence-corrected chi connectivity index (χ3v) is 3.91. The highest BCUT2D eigenvalue weighted by Gasteiger charge is 2.16. The molecular weight excluding hydrogens is 322 g/mol. The van der Waals surface area contributed by atoms with E-state index in [-0.39, 0.29) is 24.2 Å². The lowest BCUT2D eigenvalue weighted by Gasteiger charge is -2.11. The van der Waals surface area contributed by atoms with E-state index in [2.05, 4.69) is 17.3 Å². The van der Waals surface area contributed by atoms with Crippen LogP contribution in [0.2, 0.25) is 0 Å². The molecule has 0 saturated heterocycles. The minimum atomic E-state index is -0.901. The highest BCUT2D eigenvalue weighted by molar-refractivity contribution is 6.04. The highest BCUT2D eigenvalue weighted by atomic mass is 16.4. The summed E-state index contributed by atoms with van der Waals surface area (Å²) >= 11 is 0. The van der Waals surface area contributed by atoms with Crippen molar-refractivity contribution in [3.63, 3.8) is 0 Å². The molecule has 7 nitrogen and oxygen atoms in total. The summed E-state index contributed by atoms with van der Waals surface area (Å²) in [6.07, 6.45) is 3.17. The molecule has 0 fully saturated rings. The summed E-state index contributed by atoms with van der Waals surface area (Å²) in [4.78, 5) is 35.5. The van der Waals surface area contributed by atoms with Crippen LogP contribution in [0.15, 0.2) is 29.1 Å². The molecule has 25 heavy (non-hydrogen) atoms. The van der Waals surface area contributed by atoms with Gasteiger partial charge < -0.3 is 10.4 Å². The lowest BCUT2D eigenvalue weighted by molar-refractivity contribution is -0.137. The van der Waals surface area contributed by atoms with Gasteiger partial charge in [0.15, 0.2) is 5.69 Å². The van der Waals surface area contributed by atoms with Crippen molar-refractivity contribution in [1.82, 2.24) is 15.1 Å². The quantitative estimate of drug-likeness (QED) is 0.678. The summed E-state index contributed by atoms with van der Waals surface area (Å²) in [6.45, 7) is 2.79. The molecule has 7 heteroatoms. The van der Waals surface area contributed by atoms with Gasteiger partial charge in [0.1, 0.15) is 0 Å². The van der Waals surface area contributed by atoms with E-state index >= 15 is 0 Å². The molecule has 0 aliphatic rings. The number of aromatic nitrogens is 2. The normalized spacial score (nSPS) is 10.8. The molecule has 134 valence electrons. The van der Waals surface area contributed by atoms with E-state index in [1.54, 1.807) is 24.3 Å². The Hall–Kier alpha value is -2.70. The number of benzene rings is 1. The number of amides is 1. The molecule has 0 radical (unpaired) electrons. The molecule has 1 heterocycles. The fourth-order valence-electron chi connectivity index (χ4n) is 2.59. The first-order chi connectivity index (χ1) is 12.0. The van der Waals surface area contributed by atoms with Crippen LogP contribution in [0.5, 0.6) is 0 Å². The predicted octanol–water partition coefficient (Wildman–Crippen LogP) is 2.18. The monoisotopic (exact) mass is 345 g/mol. The maximum atomic E-state index is 12.5. The number of carboxylic acid groups (broad SMARTS) is 1. The summed E-state index contributed by atoms with van der Waals surface area (Å²) in [5.74, 6) is -1.30. The molecule has 0 spiro atoms. The molecule has 2 N–H and O–H groups in total. The van der Waals surface area contributed by atoms with E-state index < -0.39 is 11.9 Å². The largest absolute Gasteiger partial charge is 0.481 e. The third kappa shape index (κ3) is 4.89. The van der Waals surface area contributed by atoms with Crippen molar-refractivity contribution >= 4 is 22.6 Å². The Morgan fingerprint density at radius 3 is 2.56 bits per heavy atom. The number of carboxylic acids is 1. The zero-order valence-corrected chi connectivity index (χ0v) is 14.3. The Morgan fingerprint density at radius 2 is 1.88 bits per heavy atom. The number of nitrogens with one attached hydrogen (secondary N) is 1. The maximum absolute atomic E-state index is 12.5. The van der Waals surface area contributed by atoms with Crippen molar-refractivity contribution in [1.29, 1.82) is 0 Å². The number of unbranched alkanes of at least 4 members (excludes halogenated alkanes) is 2. The molecule has 0 aliphatic carbocycles. The van der Waals surface area contributed by atoms with Crippen molar-refractivity contribution in [2.45, 2.75) is 45.6 Å². The summed E-state index contributed by atoms with van der Waals surface area (Å²) < 4.78 is 1.35. The van der Waals surface area contributed by atoms with Gasteiger partial charge in [-0.25, -0.2) is 4.68 Å². The van der Waals surface area contributed by atoms with Gasteiger partial charge in [0, 0.05) is 24.9 Å². The number of rotatable bonds is 9. The average molecular weight is 345 g/mol. The first-order valence-corrected chi connectivity index (χ1v) is 8.54. The van der Waals surface area contributed by atoms with Crippen LogP contribution in [0, 0.1) is 0 Å². The van der Waals surface area contributed by atoms with Gasteiger partial charge in [0.05, 0.1) is 5.39 Å². The van der Waals surface area contributed by atoms with Crippen LogP contribution in [-0.4, -0.2) is 33.3 Å². The summed E-state index contributed by atoms with van der Waals surface area (Å²) in [5.41, 5.74) is -0.00356. The van der Waals surface area contributed by atoms with Crippen LogP contribution >= 0.6 is 0 Å². The second-order valence-electron chi connectivity index (χ2n) is 5.88. The van der Waals surface area contributed by atoms with Crippen molar-refractivity contribution in [2.75, 3.05) is 6.54 Å². The van der Waals surface area contributed by atoms with Crippen molar-refractivity contribution in [3.05, 3.63) is 40.3 Å². The molecule has 1 aromatic carbocycles. The number of carbonyl (C=O) groups is 2. The molecule has 2 rings (SSSR count). The highest BCUT2D eigenvalue weighted by Crippen LogP contribution is 2.13. The van der Waals surface area contributed by atoms with E-state index in [1.165, 1.54) is 4.68 Å². The molecule has 0 unspecified atom stereocenters. The van der Waals surface area contributed by atoms with Crippen LogP contribution in [-0.2, 0) is 11.3 Å². The van der Waals surface area contributed by atoms with Gasteiger partial charge in [-0.1, -0.05) is 38.0 Å². The van der Waals surface area contributed by atoms with Crippen molar-refractivity contribution < 1.29 is 14.7 Å². The minimum Gasteiger partial charge on any atom is -0.481 e. The Kier molecular flexibility index (Phi) is 6.68. The summed E-state index contributed by atoms with van der Waals surface area (Å²) in [6, 6.07) is 6.91. The molecule has 0 bridgehead atoms. The first kappa shape index (κ1) is 18.6. The lowest BCUT2D eigenvalue weighted by Crippen LogP contribution is -2.31. The number of hydrogen-bond acceptors (Lipinski definition) is 4. The second-order valence-corrected chi connectivity index (χ2v) is 5.88. The SMILES string of the molecule is CCCCCn1nc(C(=O)NCCCC(=O)O)c2ccccc2c1=O. The minimum absolute atomic E-state index is 0.00896. The molecule has 2 aromatic rings. The smallest absolute Gasteiger partial charge is 0.303 e. The molecule has 0 aliphatic heterocycles. The van der Waals surface area contributed by atoms with Gasteiger partial charge in [-0.3, -0.25) is 14.4 Å². The van der Waals surface area contributed by atoms with Gasteiger partial charge in [0.2, 0.25) is 0 Å².